The standard InChI is InChI=1S/C20H29F2NO2.2ClH/c1-2-3-6-18(20(24)25)15-9-12-23(13-10-15)11-4-5-16-7-8-17(21)14-19(16)22;;/h7-8,14-15,18H,2-6,9-13H2,1H3,(H,24,25);2*1H. The van der Waals surface area contributed by atoms with Gasteiger partial charge in [-0.25, -0.2) is 8.78 Å². The fourth-order valence-corrected chi connectivity index (χ4v) is 3.78. The third-order valence-corrected chi connectivity index (χ3v) is 5.32. The van der Waals surface area contributed by atoms with Gasteiger partial charge in [0, 0.05) is 6.07 Å². The number of carboxylic acid groups (broad SMARTS) is 1. The molecule has 0 aliphatic carbocycles. The maximum Gasteiger partial charge on any atom is 0.306 e. The summed E-state index contributed by atoms with van der Waals surface area (Å²) in [5, 5.41) is 9.46. The van der Waals surface area contributed by atoms with Gasteiger partial charge in [0.1, 0.15) is 11.6 Å². The van der Waals surface area contributed by atoms with E-state index in [9.17, 15) is 18.7 Å². The minimum atomic E-state index is -0.654. The Kier molecular flexibility index (Phi) is 12.8. The van der Waals surface area contributed by atoms with Gasteiger partial charge in [0.15, 0.2) is 0 Å². The first-order valence-electron chi connectivity index (χ1n) is 9.40. The first-order valence-corrected chi connectivity index (χ1v) is 9.40. The SMILES string of the molecule is CCCCC(C(=O)O)C1CCN(CCCc2ccc(F)cc2F)CC1.Cl.Cl. The molecule has 1 N–H and O–H groups in total. The second-order valence-electron chi connectivity index (χ2n) is 7.11. The normalized spacial score (nSPS) is 16.3. The van der Waals surface area contributed by atoms with Crippen LogP contribution < -0.4 is 0 Å². The molecule has 1 atom stereocenters. The van der Waals surface area contributed by atoms with Crippen LogP contribution in [0.5, 0.6) is 0 Å². The molecule has 1 unspecified atom stereocenters. The number of halogens is 4. The number of hydrogen-bond acceptors (Lipinski definition) is 2. The summed E-state index contributed by atoms with van der Waals surface area (Å²) in [7, 11) is 0. The van der Waals surface area contributed by atoms with Crippen LogP contribution in [0, 0.1) is 23.5 Å². The molecule has 1 aliphatic rings. The van der Waals surface area contributed by atoms with Crippen molar-refractivity contribution in [3.8, 4) is 0 Å². The van der Waals surface area contributed by atoms with Gasteiger partial charge in [-0.05, 0) is 69.3 Å². The minimum absolute atomic E-state index is 0. The third-order valence-electron chi connectivity index (χ3n) is 5.32. The van der Waals surface area contributed by atoms with Gasteiger partial charge in [-0.2, -0.15) is 0 Å². The van der Waals surface area contributed by atoms with E-state index < -0.39 is 17.6 Å². The highest BCUT2D eigenvalue weighted by Gasteiger charge is 2.30. The molecule has 7 heteroatoms. The molecule has 1 heterocycles. The van der Waals surface area contributed by atoms with Crippen molar-refractivity contribution >= 4 is 30.8 Å². The molecule has 1 fully saturated rings. The largest absolute Gasteiger partial charge is 0.481 e. The first kappa shape index (κ1) is 26.1. The highest BCUT2D eigenvalue weighted by atomic mass is 35.5. The van der Waals surface area contributed by atoms with Gasteiger partial charge in [0.25, 0.3) is 0 Å². The lowest BCUT2D eigenvalue weighted by molar-refractivity contribution is -0.144. The summed E-state index contributed by atoms with van der Waals surface area (Å²) < 4.78 is 26.5. The van der Waals surface area contributed by atoms with Crippen molar-refractivity contribution in [1.82, 2.24) is 4.90 Å². The zero-order valence-corrected chi connectivity index (χ0v) is 17.5. The van der Waals surface area contributed by atoms with Crippen LogP contribution in [0.3, 0.4) is 0 Å². The monoisotopic (exact) mass is 425 g/mol. The predicted molar refractivity (Wildman–Crippen MR) is 109 cm³/mol. The lowest BCUT2D eigenvalue weighted by Crippen LogP contribution is -2.38. The number of benzene rings is 1. The number of carbonyl (C=O) groups is 1. The molecule has 27 heavy (non-hydrogen) atoms. The summed E-state index contributed by atoms with van der Waals surface area (Å²) >= 11 is 0. The van der Waals surface area contributed by atoms with Crippen molar-refractivity contribution < 1.29 is 18.7 Å². The van der Waals surface area contributed by atoms with E-state index in [1.165, 1.54) is 12.1 Å². The third kappa shape index (κ3) is 8.32. The van der Waals surface area contributed by atoms with Crippen LogP contribution in [-0.4, -0.2) is 35.6 Å². The molecule has 2 rings (SSSR count). The molecule has 0 amide bonds. The van der Waals surface area contributed by atoms with Crippen LogP contribution in [0.2, 0.25) is 0 Å². The maximum atomic E-state index is 13.6. The van der Waals surface area contributed by atoms with Crippen LogP contribution in [-0.2, 0) is 11.2 Å². The zero-order chi connectivity index (χ0) is 18.2. The molecule has 0 radical (unpaired) electrons. The quantitative estimate of drug-likeness (QED) is 0.579. The lowest BCUT2D eigenvalue weighted by atomic mass is 9.81. The second kappa shape index (κ2) is 13.3. The van der Waals surface area contributed by atoms with E-state index in [2.05, 4.69) is 11.8 Å². The number of aliphatic carboxylic acids is 1. The van der Waals surface area contributed by atoms with Gasteiger partial charge in [-0.1, -0.05) is 25.8 Å². The number of aryl methyl sites for hydroxylation is 1. The Labute approximate surface area is 173 Å². The summed E-state index contributed by atoms with van der Waals surface area (Å²) in [5.74, 6) is -1.61. The molecular formula is C20H31Cl2F2NO2. The van der Waals surface area contributed by atoms with Gasteiger partial charge in [0.05, 0.1) is 5.92 Å². The number of hydrogen-bond donors (Lipinski definition) is 1. The van der Waals surface area contributed by atoms with Gasteiger partial charge in [-0.15, -0.1) is 24.8 Å². The van der Waals surface area contributed by atoms with Gasteiger partial charge < -0.3 is 10.0 Å². The number of piperidine rings is 1. The van der Waals surface area contributed by atoms with Crippen LogP contribution in [0.1, 0.15) is 51.0 Å². The fraction of sp³-hybridized carbons (Fsp3) is 0.650. The summed E-state index contributed by atoms with van der Waals surface area (Å²) in [4.78, 5) is 13.8. The van der Waals surface area contributed by atoms with Crippen LogP contribution in [0.25, 0.3) is 0 Å². The molecule has 1 aromatic carbocycles. The topological polar surface area (TPSA) is 40.5 Å². The highest BCUT2D eigenvalue weighted by molar-refractivity contribution is 5.85. The fourth-order valence-electron chi connectivity index (χ4n) is 3.78. The van der Waals surface area contributed by atoms with Crippen molar-refractivity contribution in [1.29, 1.82) is 0 Å². The van der Waals surface area contributed by atoms with Gasteiger partial charge in [-0.3, -0.25) is 4.79 Å². The average Bonchev–Trinajstić information content (AvgIpc) is 2.58. The van der Waals surface area contributed by atoms with Crippen molar-refractivity contribution in [2.24, 2.45) is 11.8 Å². The number of likely N-dealkylation sites (tertiary alicyclic amines) is 1. The van der Waals surface area contributed by atoms with E-state index in [0.29, 0.717) is 12.0 Å². The Bertz CT molecular complexity index is 567. The van der Waals surface area contributed by atoms with Crippen molar-refractivity contribution in [2.45, 2.75) is 51.9 Å². The maximum absolute atomic E-state index is 13.6. The van der Waals surface area contributed by atoms with E-state index >= 15 is 0 Å². The first-order chi connectivity index (χ1) is 12.0. The van der Waals surface area contributed by atoms with E-state index in [0.717, 1.165) is 64.2 Å². The van der Waals surface area contributed by atoms with Gasteiger partial charge in [0.2, 0.25) is 0 Å². The number of unbranched alkanes of at least 4 members (excludes halogenated alkanes) is 1. The molecule has 1 saturated heterocycles. The Hall–Kier alpha value is -0.910. The van der Waals surface area contributed by atoms with E-state index in [-0.39, 0.29) is 36.6 Å². The smallest absolute Gasteiger partial charge is 0.306 e. The molecule has 3 nitrogen and oxygen atoms in total. The highest BCUT2D eigenvalue weighted by Crippen LogP contribution is 2.29. The van der Waals surface area contributed by atoms with Crippen molar-refractivity contribution in [3.05, 3.63) is 35.4 Å². The molecule has 1 aromatic rings. The Morgan fingerprint density at radius 1 is 1.22 bits per heavy atom. The molecule has 0 saturated carbocycles. The van der Waals surface area contributed by atoms with E-state index in [4.69, 9.17) is 0 Å². The number of carboxylic acids is 1. The second-order valence-corrected chi connectivity index (χ2v) is 7.11. The van der Waals surface area contributed by atoms with Crippen LogP contribution >= 0.6 is 24.8 Å². The summed E-state index contributed by atoms with van der Waals surface area (Å²) in [6.07, 6.45) is 6.05. The zero-order valence-electron chi connectivity index (χ0n) is 15.8. The Morgan fingerprint density at radius 3 is 2.44 bits per heavy atom. The summed E-state index contributed by atoms with van der Waals surface area (Å²) in [5.41, 5.74) is 0.557. The lowest BCUT2D eigenvalue weighted by Gasteiger charge is -2.34. The van der Waals surface area contributed by atoms with Crippen molar-refractivity contribution in [2.75, 3.05) is 19.6 Å². The Balaban J connectivity index is 0.00000338. The Morgan fingerprint density at radius 2 is 1.89 bits per heavy atom. The molecule has 0 spiro atoms. The van der Waals surface area contributed by atoms with Crippen LogP contribution in [0.4, 0.5) is 8.78 Å². The average molecular weight is 426 g/mol. The molecular weight excluding hydrogens is 395 g/mol. The predicted octanol–water partition coefficient (Wildman–Crippen LogP) is 5.34. The molecule has 1 aliphatic heterocycles. The number of rotatable bonds is 9. The summed E-state index contributed by atoms with van der Waals surface area (Å²) in [6, 6.07) is 3.75. The van der Waals surface area contributed by atoms with Crippen molar-refractivity contribution in [3.63, 3.8) is 0 Å². The summed E-state index contributed by atoms with van der Waals surface area (Å²) in [6.45, 7) is 4.78. The van der Waals surface area contributed by atoms with Crippen LogP contribution in [0.15, 0.2) is 18.2 Å². The van der Waals surface area contributed by atoms with E-state index in [1.807, 2.05) is 0 Å². The minimum Gasteiger partial charge on any atom is -0.481 e. The van der Waals surface area contributed by atoms with Gasteiger partial charge >= 0.3 is 5.97 Å². The number of nitrogens with zero attached hydrogens (tertiary/aromatic N) is 1. The molecule has 0 bridgehead atoms. The van der Waals surface area contributed by atoms with E-state index in [1.54, 1.807) is 0 Å². The molecule has 0 aromatic heterocycles. The molecule has 156 valence electrons.